The summed E-state index contributed by atoms with van der Waals surface area (Å²) >= 11 is 6.88. The van der Waals surface area contributed by atoms with Crippen molar-refractivity contribution in [3.8, 4) is 5.75 Å². The molecule has 28 heavy (non-hydrogen) atoms. The first-order valence-corrected chi connectivity index (χ1v) is 10.3. The maximum atomic E-state index is 12.5. The molecule has 1 heterocycles. The molecule has 0 saturated carbocycles. The highest BCUT2D eigenvalue weighted by molar-refractivity contribution is 8.26. The Kier molecular flexibility index (Phi) is 6.69. The number of benzene rings is 2. The van der Waals surface area contributed by atoms with Crippen LogP contribution in [0.1, 0.15) is 11.1 Å². The zero-order valence-electron chi connectivity index (χ0n) is 14.3. The average molecular weight is 442 g/mol. The van der Waals surface area contributed by atoms with Gasteiger partial charge in [-0.1, -0.05) is 60.4 Å². The van der Waals surface area contributed by atoms with Crippen LogP contribution in [0.3, 0.4) is 0 Å². The third kappa shape index (κ3) is 5.76. The summed E-state index contributed by atoms with van der Waals surface area (Å²) < 4.78 is 43.8. The quantitative estimate of drug-likeness (QED) is 0.369. The number of ether oxygens (including phenoxy) is 1. The molecule has 3 nitrogen and oxygen atoms in total. The molecule has 2 aromatic rings. The van der Waals surface area contributed by atoms with Crippen LogP contribution in [0.25, 0.3) is 6.08 Å². The monoisotopic (exact) mass is 441 g/mol. The van der Waals surface area contributed by atoms with Gasteiger partial charge in [0, 0.05) is 16.0 Å². The van der Waals surface area contributed by atoms with E-state index in [-0.39, 0.29) is 12.5 Å². The lowest BCUT2D eigenvalue weighted by Crippen LogP contribution is -2.17. The van der Waals surface area contributed by atoms with Crippen LogP contribution in [0.2, 0.25) is 0 Å². The number of hydrogen-bond acceptors (Lipinski definition) is 5. The first-order chi connectivity index (χ1) is 13.3. The number of halogens is 3. The highest BCUT2D eigenvalue weighted by atomic mass is 32.2. The van der Waals surface area contributed by atoms with Gasteiger partial charge in [-0.25, -0.2) is 0 Å². The molecule has 1 amide bonds. The first kappa shape index (κ1) is 20.8. The Morgan fingerprint density at radius 1 is 1.14 bits per heavy atom. The third-order valence-electron chi connectivity index (χ3n) is 3.59. The molecule has 1 saturated heterocycles. The van der Waals surface area contributed by atoms with Crippen molar-refractivity contribution in [3.63, 3.8) is 0 Å². The molecule has 1 N–H and O–H groups in total. The molecule has 0 aromatic heterocycles. The zero-order valence-corrected chi connectivity index (χ0v) is 16.7. The summed E-state index contributed by atoms with van der Waals surface area (Å²) in [5.41, 5.74) is 1.35. The minimum Gasteiger partial charge on any atom is -0.488 e. The van der Waals surface area contributed by atoms with Gasteiger partial charge in [-0.15, -0.1) is 11.8 Å². The second kappa shape index (κ2) is 9.02. The fourth-order valence-corrected chi connectivity index (χ4v) is 4.21. The number of hydrogen-bond donors (Lipinski definition) is 1. The molecule has 0 unspecified atom stereocenters. The minimum absolute atomic E-state index is 0.110. The summed E-state index contributed by atoms with van der Waals surface area (Å²) in [6.07, 6.45) is -2.56. The van der Waals surface area contributed by atoms with Crippen LogP contribution in [-0.4, -0.2) is 22.2 Å². The van der Waals surface area contributed by atoms with Gasteiger partial charge in [-0.3, -0.25) is 4.79 Å². The first-order valence-electron chi connectivity index (χ1n) is 8.06. The lowest BCUT2D eigenvalue weighted by Gasteiger charge is -2.13. The summed E-state index contributed by atoms with van der Waals surface area (Å²) in [4.78, 5) is 12.8. The highest BCUT2D eigenvalue weighted by Gasteiger charge is 2.27. The Bertz CT molecular complexity index is 929. The summed E-state index contributed by atoms with van der Waals surface area (Å²) in [7, 11) is 0. The van der Waals surface area contributed by atoms with E-state index in [1.54, 1.807) is 48.5 Å². The van der Waals surface area contributed by atoms with Crippen LogP contribution in [0.5, 0.6) is 5.75 Å². The van der Waals surface area contributed by atoms with Crippen LogP contribution in [0.4, 0.5) is 13.2 Å². The number of carbonyl (C=O) groups is 1. The van der Waals surface area contributed by atoms with Gasteiger partial charge in [-0.05, 0) is 18.2 Å². The summed E-state index contributed by atoms with van der Waals surface area (Å²) in [6.45, 7) is 0.110. The Balaban J connectivity index is 1.75. The fraction of sp³-hybridized carbons (Fsp3) is 0.158. The molecule has 9 heteroatoms. The van der Waals surface area contributed by atoms with Crippen molar-refractivity contribution in [2.45, 2.75) is 17.7 Å². The van der Waals surface area contributed by atoms with E-state index >= 15 is 0 Å². The number of amides is 1. The Morgan fingerprint density at radius 3 is 2.57 bits per heavy atom. The van der Waals surface area contributed by atoms with Crippen LogP contribution in [-0.2, 0) is 11.4 Å². The van der Waals surface area contributed by atoms with Crippen LogP contribution >= 0.6 is 35.7 Å². The molecule has 0 aliphatic carbocycles. The van der Waals surface area contributed by atoms with Gasteiger partial charge >= 0.3 is 6.18 Å². The number of nitrogens with one attached hydrogen (secondary N) is 1. The van der Waals surface area contributed by atoms with Crippen molar-refractivity contribution >= 4 is 52.0 Å². The predicted octanol–water partition coefficient (Wildman–Crippen LogP) is 5.41. The Labute approximate surface area is 173 Å². The zero-order chi connectivity index (χ0) is 20.1. The van der Waals surface area contributed by atoms with E-state index in [0.717, 1.165) is 11.8 Å². The molecule has 0 atom stereocenters. The Morgan fingerprint density at radius 2 is 1.86 bits per heavy atom. The maximum Gasteiger partial charge on any atom is 0.398 e. The van der Waals surface area contributed by atoms with Gasteiger partial charge in [0.15, 0.2) is 0 Å². The molecule has 1 aliphatic heterocycles. The summed E-state index contributed by atoms with van der Waals surface area (Å²) in [5.74, 6) is -0.700. The van der Waals surface area contributed by atoms with Crippen molar-refractivity contribution in [3.05, 3.63) is 64.6 Å². The average Bonchev–Trinajstić information content (AvgIpc) is 2.96. The van der Waals surface area contributed by atoms with E-state index in [0.29, 0.717) is 31.0 Å². The van der Waals surface area contributed by atoms with Gasteiger partial charge in [0.05, 0.1) is 10.7 Å². The molecule has 146 valence electrons. The molecule has 0 radical (unpaired) electrons. The predicted molar refractivity (Wildman–Crippen MR) is 110 cm³/mol. The summed E-state index contributed by atoms with van der Waals surface area (Å²) in [6, 6.07) is 14.0. The van der Waals surface area contributed by atoms with E-state index in [2.05, 4.69) is 5.32 Å². The second-order valence-electron chi connectivity index (χ2n) is 5.69. The molecule has 2 aromatic carbocycles. The maximum absolute atomic E-state index is 12.5. The number of para-hydroxylation sites is 1. The van der Waals surface area contributed by atoms with E-state index in [9.17, 15) is 18.0 Å². The normalized spacial score (nSPS) is 15.8. The van der Waals surface area contributed by atoms with Crippen LogP contribution < -0.4 is 10.1 Å². The smallest absolute Gasteiger partial charge is 0.398 e. The summed E-state index contributed by atoms with van der Waals surface area (Å²) in [5, 5.41) is 2.55. The highest BCUT2D eigenvalue weighted by Crippen LogP contribution is 2.32. The van der Waals surface area contributed by atoms with E-state index in [1.165, 1.54) is 11.8 Å². The van der Waals surface area contributed by atoms with E-state index in [1.807, 2.05) is 6.07 Å². The number of carbonyl (C=O) groups excluding carboxylic acids is 1. The molecular weight excluding hydrogens is 427 g/mol. The lowest BCUT2D eigenvalue weighted by molar-refractivity contribution is -0.115. The number of rotatable bonds is 6. The third-order valence-corrected chi connectivity index (χ3v) is 5.94. The lowest BCUT2D eigenvalue weighted by atomic mass is 10.2. The molecule has 3 rings (SSSR count). The van der Waals surface area contributed by atoms with Crippen molar-refractivity contribution in [1.82, 2.24) is 5.32 Å². The standard InChI is InChI=1S/C19H14F3NO2S3/c20-19(21,22)11-27-15-8-4-2-6-13(15)10-25-14-7-3-1-5-12(14)9-16-17(24)23-18(26)28-16/h1-9H,10-11H2,(H,23,24,26). The van der Waals surface area contributed by atoms with Crippen LogP contribution in [0, 0.1) is 0 Å². The number of alkyl halides is 3. The molecular formula is C19H14F3NO2S3. The largest absolute Gasteiger partial charge is 0.488 e. The van der Waals surface area contributed by atoms with E-state index in [4.69, 9.17) is 17.0 Å². The fourth-order valence-electron chi connectivity index (χ4n) is 2.37. The van der Waals surface area contributed by atoms with Crippen molar-refractivity contribution in [2.24, 2.45) is 0 Å². The number of thiocarbonyl (C=S) groups is 1. The second-order valence-corrected chi connectivity index (χ2v) is 8.43. The van der Waals surface area contributed by atoms with E-state index < -0.39 is 11.9 Å². The Hall–Kier alpha value is -1.97. The molecule has 0 bridgehead atoms. The van der Waals surface area contributed by atoms with Crippen molar-refractivity contribution in [2.75, 3.05) is 5.75 Å². The molecule has 0 spiro atoms. The van der Waals surface area contributed by atoms with Gasteiger partial charge in [-0.2, -0.15) is 13.2 Å². The van der Waals surface area contributed by atoms with Gasteiger partial charge < -0.3 is 10.1 Å². The molecule has 1 fully saturated rings. The number of thioether (sulfide) groups is 2. The minimum atomic E-state index is -4.24. The van der Waals surface area contributed by atoms with Gasteiger partial charge in [0.25, 0.3) is 5.91 Å². The van der Waals surface area contributed by atoms with Crippen LogP contribution in [0.15, 0.2) is 58.3 Å². The SMILES string of the molecule is O=C1NC(=S)SC1=Cc1ccccc1OCc1ccccc1SCC(F)(F)F. The van der Waals surface area contributed by atoms with Gasteiger partial charge in [0.1, 0.15) is 16.7 Å². The molecule has 1 aliphatic rings. The van der Waals surface area contributed by atoms with Crippen molar-refractivity contribution < 1.29 is 22.7 Å². The van der Waals surface area contributed by atoms with Gasteiger partial charge in [0.2, 0.25) is 0 Å². The topological polar surface area (TPSA) is 38.3 Å². The van der Waals surface area contributed by atoms with Crippen molar-refractivity contribution in [1.29, 1.82) is 0 Å².